The zero-order valence-corrected chi connectivity index (χ0v) is 10.2. The number of nitrogens with two attached hydrogens (primary N) is 1. The Labute approximate surface area is 109 Å². The van der Waals surface area contributed by atoms with Crippen molar-refractivity contribution >= 4 is 17.8 Å². The molecule has 100 valence electrons. The third-order valence-corrected chi connectivity index (χ3v) is 2.90. The molecule has 1 aliphatic rings. The molecule has 1 unspecified atom stereocenters. The van der Waals surface area contributed by atoms with Crippen LogP contribution in [0.5, 0.6) is 0 Å². The number of nitrogens with one attached hydrogen (secondary N) is 1. The lowest BCUT2D eigenvalue weighted by Crippen LogP contribution is -2.57. The minimum atomic E-state index is -0.885. The highest BCUT2D eigenvalue weighted by molar-refractivity contribution is 6.16. The number of imide groups is 2. The van der Waals surface area contributed by atoms with Crippen molar-refractivity contribution < 1.29 is 14.4 Å². The van der Waals surface area contributed by atoms with Crippen molar-refractivity contribution in [3.63, 3.8) is 0 Å². The van der Waals surface area contributed by atoms with Gasteiger partial charge in [-0.3, -0.25) is 24.8 Å². The average Bonchev–Trinajstić information content (AvgIpc) is 2.41. The fraction of sp³-hybridized carbons (Fsp3) is 0.333. The molecule has 1 fully saturated rings. The first-order valence-electron chi connectivity index (χ1n) is 5.88. The minimum Gasteiger partial charge on any atom is -0.330 e. The number of carbonyl (C=O) groups is 3. The molecule has 0 bridgehead atoms. The number of amides is 4. The normalized spacial score (nSPS) is 19.5. The third-order valence-electron chi connectivity index (χ3n) is 2.90. The van der Waals surface area contributed by atoms with Crippen LogP contribution in [0.25, 0.3) is 0 Å². The topological polar surface area (TPSA) is 105 Å². The second kappa shape index (κ2) is 5.57. The van der Waals surface area contributed by atoms with Crippen molar-refractivity contribution in [3.05, 3.63) is 30.1 Å². The molecule has 1 aromatic heterocycles. The van der Waals surface area contributed by atoms with Gasteiger partial charge in [0.1, 0.15) is 5.92 Å². The summed E-state index contributed by atoms with van der Waals surface area (Å²) in [5.41, 5.74) is 6.14. The summed E-state index contributed by atoms with van der Waals surface area (Å²) in [6, 6.07) is 2.71. The molecule has 0 saturated carbocycles. The van der Waals surface area contributed by atoms with E-state index in [1.165, 1.54) is 0 Å². The van der Waals surface area contributed by atoms with E-state index in [4.69, 9.17) is 5.73 Å². The molecule has 2 heterocycles. The van der Waals surface area contributed by atoms with Gasteiger partial charge in [0.15, 0.2) is 0 Å². The molecule has 1 atom stereocenters. The van der Waals surface area contributed by atoms with E-state index >= 15 is 0 Å². The SMILES string of the molecule is NCCC1C(=O)NC(=O)N(Cc2ccncc2)C1=O. The molecule has 4 amide bonds. The van der Waals surface area contributed by atoms with E-state index in [2.05, 4.69) is 10.3 Å². The van der Waals surface area contributed by atoms with Gasteiger partial charge in [0.05, 0.1) is 6.54 Å². The number of urea groups is 1. The Kier molecular flexibility index (Phi) is 3.86. The largest absolute Gasteiger partial charge is 0.331 e. The van der Waals surface area contributed by atoms with Gasteiger partial charge in [-0.25, -0.2) is 4.79 Å². The Morgan fingerprint density at radius 1 is 1.26 bits per heavy atom. The number of rotatable bonds is 4. The molecular formula is C12H14N4O3. The van der Waals surface area contributed by atoms with E-state index in [9.17, 15) is 14.4 Å². The van der Waals surface area contributed by atoms with Crippen LogP contribution in [-0.2, 0) is 16.1 Å². The average molecular weight is 262 g/mol. The first-order valence-corrected chi connectivity index (χ1v) is 5.88. The summed E-state index contributed by atoms with van der Waals surface area (Å²) < 4.78 is 0. The lowest BCUT2D eigenvalue weighted by Gasteiger charge is -2.29. The van der Waals surface area contributed by atoms with Crippen LogP contribution >= 0.6 is 0 Å². The van der Waals surface area contributed by atoms with Crippen molar-refractivity contribution in [2.45, 2.75) is 13.0 Å². The number of carbonyl (C=O) groups excluding carboxylic acids is 3. The van der Waals surface area contributed by atoms with Gasteiger partial charge < -0.3 is 5.73 Å². The highest BCUT2D eigenvalue weighted by Gasteiger charge is 2.39. The van der Waals surface area contributed by atoms with Crippen molar-refractivity contribution in [3.8, 4) is 0 Å². The molecular weight excluding hydrogens is 248 g/mol. The van der Waals surface area contributed by atoms with E-state index in [-0.39, 0.29) is 19.5 Å². The Hall–Kier alpha value is -2.28. The molecule has 19 heavy (non-hydrogen) atoms. The maximum Gasteiger partial charge on any atom is 0.331 e. The van der Waals surface area contributed by atoms with Crippen LogP contribution in [0.2, 0.25) is 0 Å². The number of hydrogen-bond acceptors (Lipinski definition) is 5. The second-order valence-electron chi connectivity index (χ2n) is 4.20. The molecule has 0 aromatic carbocycles. The van der Waals surface area contributed by atoms with Crippen LogP contribution in [0.3, 0.4) is 0 Å². The summed E-state index contributed by atoms with van der Waals surface area (Å²) >= 11 is 0. The summed E-state index contributed by atoms with van der Waals surface area (Å²) in [6.45, 7) is 0.322. The first kappa shape index (κ1) is 13.2. The van der Waals surface area contributed by atoms with E-state index in [1.807, 2.05) is 0 Å². The maximum atomic E-state index is 12.1. The number of nitrogens with zero attached hydrogens (tertiary/aromatic N) is 2. The van der Waals surface area contributed by atoms with Crippen LogP contribution in [0.4, 0.5) is 4.79 Å². The Morgan fingerprint density at radius 3 is 2.58 bits per heavy atom. The number of hydrogen-bond donors (Lipinski definition) is 2. The zero-order valence-electron chi connectivity index (χ0n) is 10.2. The van der Waals surface area contributed by atoms with Gasteiger partial charge in [-0.05, 0) is 30.7 Å². The van der Waals surface area contributed by atoms with E-state index < -0.39 is 23.8 Å². The van der Waals surface area contributed by atoms with Gasteiger partial charge in [0.2, 0.25) is 11.8 Å². The molecule has 1 saturated heterocycles. The molecule has 0 spiro atoms. The van der Waals surface area contributed by atoms with Gasteiger partial charge in [-0.15, -0.1) is 0 Å². The van der Waals surface area contributed by atoms with Gasteiger partial charge in [-0.1, -0.05) is 0 Å². The van der Waals surface area contributed by atoms with Crippen molar-refractivity contribution in [1.82, 2.24) is 15.2 Å². The van der Waals surface area contributed by atoms with Gasteiger partial charge in [-0.2, -0.15) is 0 Å². The number of pyridine rings is 1. The Balaban J connectivity index is 2.17. The lowest BCUT2D eigenvalue weighted by atomic mass is 10.0. The van der Waals surface area contributed by atoms with Crippen LogP contribution in [-0.4, -0.2) is 34.3 Å². The van der Waals surface area contributed by atoms with Crippen LogP contribution in [0.15, 0.2) is 24.5 Å². The van der Waals surface area contributed by atoms with Crippen LogP contribution < -0.4 is 11.1 Å². The van der Waals surface area contributed by atoms with Crippen molar-refractivity contribution in [2.75, 3.05) is 6.54 Å². The predicted molar refractivity (Wildman–Crippen MR) is 65.5 cm³/mol. The molecule has 2 rings (SSSR count). The first-order chi connectivity index (χ1) is 9.13. The molecule has 7 nitrogen and oxygen atoms in total. The second-order valence-corrected chi connectivity index (χ2v) is 4.20. The highest BCUT2D eigenvalue weighted by Crippen LogP contribution is 2.16. The number of aromatic nitrogens is 1. The van der Waals surface area contributed by atoms with Gasteiger partial charge >= 0.3 is 6.03 Å². The summed E-state index contributed by atoms with van der Waals surface area (Å²) in [7, 11) is 0. The summed E-state index contributed by atoms with van der Waals surface area (Å²) in [4.78, 5) is 40.3. The highest BCUT2D eigenvalue weighted by atomic mass is 16.2. The van der Waals surface area contributed by atoms with E-state index in [1.54, 1.807) is 24.5 Å². The molecule has 3 N–H and O–H groups in total. The quantitative estimate of drug-likeness (QED) is 0.720. The summed E-state index contributed by atoms with van der Waals surface area (Å²) in [5, 5.41) is 2.17. The Bertz CT molecular complexity index is 503. The smallest absolute Gasteiger partial charge is 0.330 e. The summed E-state index contributed by atoms with van der Waals surface area (Å²) in [5.74, 6) is -1.97. The molecule has 1 aromatic rings. The van der Waals surface area contributed by atoms with E-state index in [0.717, 1.165) is 10.5 Å². The standard InChI is InChI=1S/C12H14N4O3/c13-4-1-9-10(17)15-12(19)16(11(9)18)7-8-2-5-14-6-3-8/h2-3,5-6,9H,1,4,7,13H2,(H,15,17,19). The summed E-state index contributed by atoms with van der Waals surface area (Å²) in [6.07, 6.45) is 3.37. The monoisotopic (exact) mass is 262 g/mol. The number of barbiturate groups is 1. The third kappa shape index (κ3) is 2.76. The van der Waals surface area contributed by atoms with Gasteiger partial charge in [0, 0.05) is 12.4 Å². The Morgan fingerprint density at radius 2 is 1.95 bits per heavy atom. The van der Waals surface area contributed by atoms with Crippen molar-refractivity contribution in [2.24, 2.45) is 11.7 Å². The molecule has 7 heteroatoms. The molecule has 1 aliphatic heterocycles. The fourth-order valence-corrected chi connectivity index (χ4v) is 1.90. The lowest BCUT2D eigenvalue weighted by molar-refractivity contribution is -0.143. The van der Waals surface area contributed by atoms with Crippen molar-refractivity contribution in [1.29, 1.82) is 0 Å². The van der Waals surface area contributed by atoms with Crippen LogP contribution in [0, 0.1) is 5.92 Å². The maximum absolute atomic E-state index is 12.1. The molecule has 0 radical (unpaired) electrons. The van der Waals surface area contributed by atoms with Gasteiger partial charge in [0.25, 0.3) is 0 Å². The zero-order chi connectivity index (χ0) is 13.8. The van der Waals surface area contributed by atoms with E-state index in [0.29, 0.717) is 0 Å². The fourth-order valence-electron chi connectivity index (χ4n) is 1.90. The minimum absolute atomic E-state index is 0.113. The van der Waals surface area contributed by atoms with Crippen LogP contribution in [0.1, 0.15) is 12.0 Å². The molecule has 0 aliphatic carbocycles. The predicted octanol–water partition coefficient (Wildman–Crippen LogP) is -0.375.